The van der Waals surface area contributed by atoms with Gasteiger partial charge in [0.1, 0.15) is 18.5 Å². The van der Waals surface area contributed by atoms with Crippen molar-refractivity contribution in [3.8, 4) is 5.75 Å². The number of aliphatic hydroxyl groups is 1. The molecule has 2 amide bonds. The third kappa shape index (κ3) is 3.54. The van der Waals surface area contributed by atoms with Crippen molar-refractivity contribution in [2.24, 2.45) is 0 Å². The topological polar surface area (TPSA) is 66.8 Å². The van der Waals surface area contributed by atoms with Crippen LogP contribution in [0.25, 0.3) is 0 Å². The molecule has 0 saturated carbocycles. The Balaban J connectivity index is 1.83. The molecule has 1 aliphatic heterocycles. The average molecular weight is 263 g/mol. The van der Waals surface area contributed by atoms with Gasteiger partial charge in [0, 0.05) is 12.8 Å². The minimum absolute atomic E-state index is 0.00345. The van der Waals surface area contributed by atoms with Gasteiger partial charge in [0.05, 0.1) is 6.54 Å². The average Bonchev–Trinajstić information content (AvgIpc) is 2.68. The molecule has 102 valence electrons. The van der Waals surface area contributed by atoms with Crippen molar-refractivity contribution in [3.05, 3.63) is 29.8 Å². The van der Waals surface area contributed by atoms with E-state index in [2.05, 4.69) is 0 Å². The Hall–Kier alpha value is -1.88. The van der Waals surface area contributed by atoms with Gasteiger partial charge in [-0.25, -0.2) is 0 Å². The van der Waals surface area contributed by atoms with E-state index in [-0.39, 0.29) is 37.8 Å². The van der Waals surface area contributed by atoms with Crippen molar-refractivity contribution >= 4 is 11.8 Å². The van der Waals surface area contributed by atoms with E-state index in [1.54, 1.807) is 6.07 Å². The van der Waals surface area contributed by atoms with Crippen LogP contribution in [0.2, 0.25) is 0 Å². The lowest BCUT2D eigenvalue weighted by Gasteiger charge is -2.18. The van der Waals surface area contributed by atoms with Gasteiger partial charge < -0.3 is 9.84 Å². The van der Waals surface area contributed by atoms with Crippen LogP contribution in [0.4, 0.5) is 0 Å². The SMILES string of the molecule is Cc1cccc(OC[C@@H](O)CN2C(=O)CCC2=O)c1. The Morgan fingerprint density at radius 3 is 2.63 bits per heavy atom. The zero-order valence-electron chi connectivity index (χ0n) is 10.8. The van der Waals surface area contributed by atoms with Crippen LogP contribution in [-0.2, 0) is 9.59 Å². The van der Waals surface area contributed by atoms with Gasteiger partial charge >= 0.3 is 0 Å². The summed E-state index contributed by atoms with van der Waals surface area (Å²) >= 11 is 0. The second-order valence-electron chi connectivity index (χ2n) is 4.68. The highest BCUT2D eigenvalue weighted by atomic mass is 16.5. The first-order valence-corrected chi connectivity index (χ1v) is 6.27. The first-order chi connectivity index (χ1) is 9.06. The number of benzene rings is 1. The number of ether oxygens (including phenoxy) is 1. The lowest BCUT2D eigenvalue weighted by atomic mass is 10.2. The van der Waals surface area contributed by atoms with Crippen LogP contribution in [0, 0.1) is 6.92 Å². The molecule has 1 fully saturated rings. The number of β-amino-alcohol motifs (C(OH)–C–C–N with tert-alkyl or cyclic N) is 1. The summed E-state index contributed by atoms with van der Waals surface area (Å²) in [7, 11) is 0. The zero-order chi connectivity index (χ0) is 13.8. The Morgan fingerprint density at radius 1 is 1.32 bits per heavy atom. The van der Waals surface area contributed by atoms with Crippen LogP contribution in [0.5, 0.6) is 5.75 Å². The highest BCUT2D eigenvalue weighted by Crippen LogP contribution is 2.14. The molecule has 1 saturated heterocycles. The van der Waals surface area contributed by atoms with Gasteiger partial charge in [-0.3, -0.25) is 14.5 Å². The number of nitrogens with zero attached hydrogens (tertiary/aromatic N) is 1. The van der Waals surface area contributed by atoms with Crippen LogP contribution < -0.4 is 4.74 Å². The fraction of sp³-hybridized carbons (Fsp3) is 0.429. The fourth-order valence-electron chi connectivity index (χ4n) is 1.99. The number of amides is 2. The number of rotatable bonds is 5. The molecule has 0 bridgehead atoms. The molecule has 1 aliphatic rings. The maximum atomic E-state index is 11.4. The normalized spacial score (nSPS) is 16.8. The molecule has 1 atom stereocenters. The summed E-state index contributed by atoms with van der Waals surface area (Å²) in [5.74, 6) is 0.220. The Labute approximate surface area is 111 Å². The van der Waals surface area contributed by atoms with Gasteiger partial charge in [-0.1, -0.05) is 12.1 Å². The molecule has 0 aromatic heterocycles. The van der Waals surface area contributed by atoms with Crippen LogP contribution in [0.15, 0.2) is 24.3 Å². The van der Waals surface area contributed by atoms with Crippen LogP contribution in [0.3, 0.4) is 0 Å². The Kier molecular flexibility index (Phi) is 4.16. The first-order valence-electron chi connectivity index (χ1n) is 6.27. The van der Waals surface area contributed by atoms with Crippen molar-refractivity contribution in [2.75, 3.05) is 13.2 Å². The number of imide groups is 1. The van der Waals surface area contributed by atoms with E-state index in [9.17, 15) is 14.7 Å². The molecule has 5 nitrogen and oxygen atoms in total. The summed E-state index contributed by atoms with van der Waals surface area (Å²) in [6, 6.07) is 7.47. The summed E-state index contributed by atoms with van der Waals surface area (Å²) in [6.07, 6.45) is -0.388. The molecule has 0 spiro atoms. The van der Waals surface area contributed by atoms with E-state index < -0.39 is 6.10 Å². The van der Waals surface area contributed by atoms with Gasteiger partial charge in [0.25, 0.3) is 0 Å². The molecule has 1 heterocycles. The van der Waals surface area contributed by atoms with Crippen LogP contribution in [0.1, 0.15) is 18.4 Å². The molecular formula is C14H17NO4. The smallest absolute Gasteiger partial charge is 0.229 e. The number of likely N-dealkylation sites (tertiary alicyclic amines) is 1. The van der Waals surface area contributed by atoms with Gasteiger partial charge in [-0.15, -0.1) is 0 Å². The van der Waals surface area contributed by atoms with E-state index in [0.29, 0.717) is 5.75 Å². The molecule has 19 heavy (non-hydrogen) atoms. The minimum atomic E-state index is -0.869. The predicted molar refractivity (Wildman–Crippen MR) is 68.6 cm³/mol. The monoisotopic (exact) mass is 263 g/mol. The molecule has 1 aromatic carbocycles. The summed E-state index contributed by atoms with van der Waals surface area (Å²) in [5, 5.41) is 9.80. The summed E-state index contributed by atoms with van der Waals surface area (Å²) in [4.78, 5) is 23.9. The highest BCUT2D eigenvalue weighted by Gasteiger charge is 2.30. The molecule has 0 radical (unpaired) electrons. The van der Waals surface area contributed by atoms with Crippen molar-refractivity contribution < 1.29 is 19.4 Å². The predicted octanol–water partition coefficient (Wildman–Crippen LogP) is 0.884. The third-order valence-corrected chi connectivity index (χ3v) is 2.98. The number of aliphatic hydroxyl groups excluding tert-OH is 1. The molecule has 0 aliphatic carbocycles. The van der Waals surface area contributed by atoms with Gasteiger partial charge in [-0.05, 0) is 24.6 Å². The van der Waals surface area contributed by atoms with Crippen LogP contribution >= 0.6 is 0 Å². The van der Waals surface area contributed by atoms with Gasteiger partial charge in [0.15, 0.2) is 0 Å². The molecule has 0 unspecified atom stereocenters. The van der Waals surface area contributed by atoms with Crippen LogP contribution in [-0.4, -0.2) is 41.1 Å². The lowest BCUT2D eigenvalue weighted by molar-refractivity contribution is -0.140. The zero-order valence-corrected chi connectivity index (χ0v) is 10.8. The van der Waals surface area contributed by atoms with Crippen molar-refractivity contribution in [2.45, 2.75) is 25.9 Å². The van der Waals surface area contributed by atoms with E-state index in [0.717, 1.165) is 10.5 Å². The first kappa shape index (κ1) is 13.5. The lowest BCUT2D eigenvalue weighted by Crippen LogP contribution is -2.38. The van der Waals surface area contributed by atoms with E-state index in [1.807, 2.05) is 25.1 Å². The van der Waals surface area contributed by atoms with Gasteiger partial charge in [0.2, 0.25) is 11.8 Å². The number of carbonyl (C=O) groups excluding carboxylic acids is 2. The third-order valence-electron chi connectivity index (χ3n) is 2.98. The Morgan fingerprint density at radius 2 is 2.00 bits per heavy atom. The number of carbonyl (C=O) groups is 2. The molecule has 1 N–H and O–H groups in total. The quantitative estimate of drug-likeness (QED) is 0.801. The van der Waals surface area contributed by atoms with E-state index in [4.69, 9.17) is 4.74 Å². The Bertz CT molecular complexity index is 470. The summed E-state index contributed by atoms with van der Waals surface area (Å²) in [5.41, 5.74) is 1.07. The molecule has 1 aromatic rings. The number of hydrogen-bond donors (Lipinski definition) is 1. The number of aryl methyl sites for hydroxylation is 1. The summed E-state index contributed by atoms with van der Waals surface area (Å²) < 4.78 is 5.43. The fourth-order valence-corrected chi connectivity index (χ4v) is 1.99. The maximum Gasteiger partial charge on any atom is 0.229 e. The second-order valence-corrected chi connectivity index (χ2v) is 4.68. The largest absolute Gasteiger partial charge is 0.491 e. The molecule has 5 heteroatoms. The standard InChI is InChI=1S/C14H17NO4/c1-10-3-2-4-12(7-10)19-9-11(16)8-15-13(17)5-6-14(15)18/h2-4,7,11,16H,5-6,8-9H2,1H3/t11-/m0/s1. The van der Waals surface area contributed by atoms with Crippen molar-refractivity contribution in [1.29, 1.82) is 0 Å². The second kappa shape index (κ2) is 5.84. The molecular weight excluding hydrogens is 246 g/mol. The highest BCUT2D eigenvalue weighted by molar-refractivity contribution is 6.01. The van der Waals surface area contributed by atoms with Crippen molar-refractivity contribution in [1.82, 2.24) is 4.90 Å². The van der Waals surface area contributed by atoms with Gasteiger partial charge in [-0.2, -0.15) is 0 Å². The van der Waals surface area contributed by atoms with Crippen molar-refractivity contribution in [3.63, 3.8) is 0 Å². The summed E-state index contributed by atoms with van der Waals surface area (Å²) in [6.45, 7) is 2.01. The minimum Gasteiger partial charge on any atom is -0.491 e. The van der Waals surface area contributed by atoms with E-state index in [1.165, 1.54) is 0 Å². The maximum absolute atomic E-state index is 11.4. The van der Waals surface area contributed by atoms with E-state index >= 15 is 0 Å². The molecule has 2 rings (SSSR count). The number of hydrogen-bond acceptors (Lipinski definition) is 4.